The Labute approximate surface area is 167 Å². The number of carbonyl (C=O) groups is 3. The summed E-state index contributed by atoms with van der Waals surface area (Å²) in [7, 11) is 0. The van der Waals surface area contributed by atoms with Crippen molar-refractivity contribution in [3.63, 3.8) is 0 Å². The molecule has 0 saturated heterocycles. The molecule has 0 aliphatic heterocycles. The molecule has 4 amide bonds. The highest BCUT2D eigenvalue weighted by atomic mass is 16.3. The predicted octanol–water partition coefficient (Wildman–Crippen LogP) is 0.918. The van der Waals surface area contributed by atoms with Crippen molar-refractivity contribution in [3.8, 4) is 0 Å². The molecule has 8 N–H and O–H groups in total. The van der Waals surface area contributed by atoms with E-state index in [4.69, 9.17) is 16.6 Å². The maximum atomic E-state index is 11.1. The van der Waals surface area contributed by atoms with Crippen LogP contribution >= 0.6 is 0 Å². The zero-order valence-corrected chi connectivity index (χ0v) is 17.2. The molecule has 0 aliphatic carbocycles. The van der Waals surface area contributed by atoms with Crippen LogP contribution in [0.15, 0.2) is 24.3 Å². The van der Waals surface area contributed by atoms with Crippen LogP contribution in [0.5, 0.6) is 0 Å². The van der Waals surface area contributed by atoms with Crippen molar-refractivity contribution in [1.82, 2.24) is 10.6 Å². The Hall–Kier alpha value is -2.65. The van der Waals surface area contributed by atoms with Gasteiger partial charge in [-0.05, 0) is 37.0 Å². The van der Waals surface area contributed by atoms with E-state index < -0.39 is 6.03 Å². The molecule has 0 aliphatic rings. The number of urea groups is 1. The van der Waals surface area contributed by atoms with Crippen LogP contribution in [0.3, 0.4) is 0 Å². The lowest BCUT2D eigenvalue weighted by Crippen LogP contribution is -2.29. The molecular weight excluding hydrogens is 362 g/mol. The van der Waals surface area contributed by atoms with Gasteiger partial charge >= 0.3 is 6.03 Å². The maximum absolute atomic E-state index is 11.1. The van der Waals surface area contributed by atoms with E-state index in [0.717, 1.165) is 12.0 Å². The second-order valence-corrected chi connectivity index (χ2v) is 6.30. The molecule has 9 heteroatoms. The van der Waals surface area contributed by atoms with Gasteiger partial charge in [0, 0.05) is 18.3 Å². The highest BCUT2D eigenvalue weighted by Crippen LogP contribution is 2.08. The Morgan fingerprint density at radius 1 is 1.18 bits per heavy atom. The van der Waals surface area contributed by atoms with Gasteiger partial charge in [-0.25, -0.2) is 4.79 Å². The summed E-state index contributed by atoms with van der Waals surface area (Å²) < 4.78 is 0. The fourth-order valence-corrected chi connectivity index (χ4v) is 1.28. The highest BCUT2D eigenvalue weighted by Gasteiger charge is 2.00. The minimum absolute atomic E-state index is 0.0269. The van der Waals surface area contributed by atoms with Gasteiger partial charge < -0.3 is 32.5 Å². The zero-order chi connectivity index (χ0) is 21.9. The van der Waals surface area contributed by atoms with Crippen molar-refractivity contribution in [1.29, 1.82) is 0 Å². The van der Waals surface area contributed by atoms with Crippen LogP contribution in [0.25, 0.3) is 0 Å². The molecule has 0 bridgehead atoms. The smallest absolute Gasteiger partial charge is 0.312 e. The van der Waals surface area contributed by atoms with E-state index in [-0.39, 0.29) is 19.1 Å². The fraction of sp³-hybridized carbons (Fsp3) is 0.526. The second kappa shape index (κ2) is 17.7. The van der Waals surface area contributed by atoms with E-state index in [2.05, 4.69) is 29.8 Å². The first-order chi connectivity index (χ1) is 13.2. The van der Waals surface area contributed by atoms with Crippen molar-refractivity contribution >= 4 is 24.0 Å². The number of carbonyl (C=O) groups excluding carboxylic acids is 3. The van der Waals surface area contributed by atoms with Crippen LogP contribution in [0.1, 0.15) is 39.7 Å². The lowest BCUT2D eigenvalue weighted by molar-refractivity contribution is -0.118. The van der Waals surface area contributed by atoms with Crippen LogP contribution in [-0.2, 0) is 16.2 Å². The standard InChI is InChI=1S/C10H12N2O3.C5H13N.C4H10N2O/c13-6-8-1-3-9(4-2-8)12-10(15)5-11-7-14;1-4(2)5(3)6;1-2-3-6-4(5)7/h1-4,7,13H,5-6H2,(H,11,14)(H,12,15);4-5H,6H2,1-3H3;2-3H2,1H3,(H3,5,6,7). The van der Waals surface area contributed by atoms with Crippen molar-refractivity contribution in [2.45, 2.75) is 46.8 Å². The average Bonchev–Trinajstić information content (AvgIpc) is 2.66. The van der Waals surface area contributed by atoms with Crippen molar-refractivity contribution in [3.05, 3.63) is 29.8 Å². The van der Waals surface area contributed by atoms with Gasteiger partial charge in [-0.15, -0.1) is 0 Å². The Bertz CT molecular complexity index is 542. The van der Waals surface area contributed by atoms with Crippen LogP contribution in [0, 0.1) is 5.92 Å². The molecular formula is C19H35N5O4. The summed E-state index contributed by atoms with van der Waals surface area (Å²) >= 11 is 0. The van der Waals surface area contributed by atoms with Gasteiger partial charge in [0.2, 0.25) is 12.3 Å². The SMILES string of the molecule is CC(C)C(C)N.CCCNC(N)=O.O=CNCC(=O)Nc1ccc(CO)cc1. The molecule has 1 unspecified atom stereocenters. The van der Waals surface area contributed by atoms with E-state index in [9.17, 15) is 14.4 Å². The Morgan fingerprint density at radius 2 is 1.71 bits per heavy atom. The third-order valence-corrected chi connectivity index (χ3v) is 3.37. The van der Waals surface area contributed by atoms with Gasteiger partial charge in [0.05, 0.1) is 13.2 Å². The van der Waals surface area contributed by atoms with Crippen LogP contribution < -0.4 is 27.4 Å². The normalized spacial score (nSPS) is 10.4. The van der Waals surface area contributed by atoms with E-state index in [1.807, 2.05) is 13.8 Å². The minimum atomic E-state index is -0.443. The number of primary amides is 1. The summed E-state index contributed by atoms with van der Waals surface area (Å²) in [5.74, 6) is 0.337. The maximum Gasteiger partial charge on any atom is 0.312 e. The lowest BCUT2D eigenvalue weighted by Gasteiger charge is -2.05. The first-order valence-electron chi connectivity index (χ1n) is 9.13. The van der Waals surface area contributed by atoms with Crippen molar-refractivity contribution < 1.29 is 19.5 Å². The number of hydrogen-bond acceptors (Lipinski definition) is 5. The second-order valence-electron chi connectivity index (χ2n) is 6.30. The van der Waals surface area contributed by atoms with Crippen LogP contribution in [-0.4, -0.2) is 42.6 Å². The summed E-state index contributed by atoms with van der Waals surface area (Å²) in [6.07, 6.45) is 1.40. The Morgan fingerprint density at radius 3 is 2.04 bits per heavy atom. The van der Waals surface area contributed by atoms with Gasteiger partial charge in [-0.1, -0.05) is 32.9 Å². The third kappa shape index (κ3) is 18.2. The summed E-state index contributed by atoms with van der Waals surface area (Å²) in [5.41, 5.74) is 11.6. The molecule has 0 radical (unpaired) electrons. The molecule has 0 saturated carbocycles. The molecule has 0 heterocycles. The fourth-order valence-electron chi connectivity index (χ4n) is 1.28. The number of hydrogen-bond donors (Lipinski definition) is 6. The number of anilines is 1. The molecule has 9 nitrogen and oxygen atoms in total. The number of nitrogens with two attached hydrogens (primary N) is 2. The minimum Gasteiger partial charge on any atom is -0.392 e. The molecule has 1 aromatic rings. The average molecular weight is 398 g/mol. The van der Waals surface area contributed by atoms with E-state index in [1.165, 1.54) is 0 Å². The molecule has 1 aromatic carbocycles. The van der Waals surface area contributed by atoms with Gasteiger partial charge in [-0.3, -0.25) is 9.59 Å². The van der Waals surface area contributed by atoms with E-state index in [1.54, 1.807) is 24.3 Å². The van der Waals surface area contributed by atoms with Crippen molar-refractivity contribution in [2.24, 2.45) is 17.4 Å². The lowest BCUT2D eigenvalue weighted by atomic mass is 10.1. The molecule has 0 fully saturated rings. The number of aliphatic hydroxyl groups excluding tert-OH is 1. The molecule has 1 atom stereocenters. The zero-order valence-electron chi connectivity index (χ0n) is 17.2. The third-order valence-electron chi connectivity index (χ3n) is 3.37. The Kier molecular flexibility index (Phi) is 17.5. The van der Waals surface area contributed by atoms with Crippen molar-refractivity contribution in [2.75, 3.05) is 18.4 Å². The Balaban J connectivity index is 0. The van der Waals surface area contributed by atoms with Crippen LogP contribution in [0.2, 0.25) is 0 Å². The first kappa shape index (κ1) is 27.6. The molecule has 0 spiro atoms. The molecule has 0 aromatic heterocycles. The highest BCUT2D eigenvalue weighted by molar-refractivity contribution is 5.93. The number of rotatable bonds is 8. The van der Waals surface area contributed by atoms with E-state index >= 15 is 0 Å². The van der Waals surface area contributed by atoms with Gasteiger partial charge in [-0.2, -0.15) is 0 Å². The molecule has 160 valence electrons. The monoisotopic (exact) mass is 397 g/mol. The summed E-state index contributed by atoms with van der Waals surface area (Å²) in [5, 5.41) is 16.1. The number of amides is 4. The summed E-state index contributed by atoms with van der Waals surface area (Å²) in [4.78, 5) is 30.9. The van der Waals surface area contributed by atoms with Crippen LogP contribution in [0.4, 0.5) is 10.5 Å². The van der Waals surface area contributed by atoms with E-state index in [0.29, 0.717) is 30.6 Å². The summed E-state index contributed by atoms with van der Waals surface area (Å²) in [6.45, 7) is 8.82. The first-order valence-corrected chi connectivity index (χ1v) is 9.13. The number of aliphatic hydroxyl groups is 1. The summed E-state index contributed by atoms with van der Waals surface area (Å²) in [6, 6.07) is 6.70. The van der Waals surface area contributed by atoms with Gasteiger partial charge in [0.25, 0.3) is 0 Å². The molecule has 28 heavy (non-hydrogen) atoms. The van der Waals surface area contributed by atoms with Gasteiger partial charge in [0.15, 0.2) is 0 Å². The topological polar surface area (TPSA) is 160 Å². The number of benzene rings is 1. The molecule has 1 rings (SSSR count). The largest absolute Gasteiger partial charge is 0.392 e. The predicted molar refractivity (Wildman–Crippen MR) is 111 cm³/mol. The quantitative estimate of drug-likeness (QED) is 0.359. The van der Waals surface area contributed by atoms with Gasteiger partial charge in [0.1, 0.15) is 0 Å². The number of nitrogens with one attached hydrogen (secondary N) is 3.